The fourth-order valence-electron chi connectivity index (χ4n) is 2.56. The minimum absolute atomic E-state index is 0.0731. The minimum atomic E-state index is -1.15. The SMILES string of the molecule is CC(C)(C)N=NC(C)(C#N)CCC(=O)OOC(C)(C)CCC(C)(C)OOC(=O)CCC(C)(C#N)N=NC(C)(C)C. The zero-order valence-electron chi connectivity index (χ0n) is 26.4. The average Bonchev–Trinajstić information content (AvgIpc) is 2.84. The van der Waals surface area contributed by atoms with Crippen molar-refractivity contribution >= 4 is 11.9 Å². The Morgan fingerprint density at radius 3 is 1.10 bits per heavy atom. The Kier molecular flexibility index (Phi) is 13.5. The zero-order valence-corrected chi connectivity index (χ0v) is 26.4. The molecule has 0 rings (SSSR count). The van der Waals surface area contributed by atoms with Crippen molar-refractivity contribution in [3.05, 3.63) is 0 Å². The Labute approximate surface area is 239 Å². The van der Waals surface area contributed by atoms with Crippen LogP contribution in [0, 0.1) is 22.7 Å². The van der Waals surface area contributed by atoms with Crippen LogP contribution < -0.4 is 0 Å². The Balaban J connectivity index is 4.68. The molecule has 12 nitrogen and oxygen atoms in total. The topological polar surface area (TPSA) is 168 Å². The van der Waals surface area contributed by atoms with Crippen LogP contribution in [0.1, 0.15) is 122 Å². The number of carbonyl (C=O) groups is 2. The molecule has 0 aromatic heterocycles. The summed E-state index contributed by atoms with van der Waals surface area (Å²) in [6, 6.07) is 4.17. The molecule has 0 bridgehead atoms. The van der Waals surface area contributed by atoms with Crippen molar-refractivity contribution in [1.29, 1.82) is 10.5 Å². The predicted octanol–water partition coefficient (Wildman–Crippen LogP) is 6.90. The summed E-state index contributed by atoms with van der Waals surface area (Å²) in [5.41, 5.74) is -4.89. The van der Waals surface area contributed by atoms with Gasteiger partial charge in [-0.2, -0.15) is 40.8 Å². The molecule has 0 fully saturated rings. The summed E-state index contributed by atoms with van der Waals surface area (Å²) in [6.45, 7) is 21.4. The first-order chi connectivity index (χ1) is 17.9. The summed E-state index contributed by atoms with van der Waals surface area (Å²) in [5.74, 6) is -1.26. The van der Waals surface area contributed by atoms with Crippen LogP contribution in [0.5, 0.6) is 0 Å². The van der Waals surface area contributed by atoms with Crippen LogP contribution in [0.15, 0.2) is 20.5 Å². The molecule has 12 heteroatoms. The highest BCUT2D eigenvalue weighted by Gasteiger charge is 2.32. The van der Waals surface area contributed by atoms with Gasteiger partial charge < -0.3 is 0 Å². The van der Waals surface area contributed by atoms with Gasteiger partial charge in [0.2, 0.25) is 0 Å². The molecule has 2 unspecified atom stereocenters. The Morgan fingerprint density at radius 1 is 0.550 bits per heavy atom. The molecule has 0 spiro atoms. The van der Waals surface area contributed by atoms with Crippen LogP contribution >= 0.6 is 0 Å². The highest BCUT2D eigenvalue weighted by molar-refractivity contribution is 5.69. The number of azo groups is 2. The number of carbonyl (C=O) groups excluding carboxylic acids is 2. The van der Waals surface area contributed by atoms with Crippen molar-refractivity contribution < 1.29 is 29.1 Å². The van der Waals surface area contributed by atoms with E-state index < -0.39 is 45.3 Å². The number of hydrogen-bond acceptors (Lipinski definition) is 12. The summed E-state index contributed by atoms with van der Waals surface area (Å²) in [7, 11) is 0. The number of hydrogen-bond donors (Lipinski definition) is 0. The van der Waals surface area contributed by atoms with E-state index in [1.807, 2.05) is 41.5 Å². The quantitative estimate of drug-likeness (QED) is 0.117. The lowest BCUT2D eigenvalue weighted by molar-refractivity contribution is -0.340. The van der Waals surface area contributed by atoms with Crippen LogP contribution in [0.3, 0.4) is 0 Å². The predicted molar refractivity (Wildman–Crippen MR) is 147 cm³/mol. The van der Waals surface area contributed by atoms with Crippen LogP contribution in [0.25, 0.3) is 0 Å². The molecular formula is C28H48N6O6. The normalized spacial score (nSPS) is 16.1. The molecule has 2 atom stereocenters. The molecule has 0 radical (unpaired) electrons. The lowest BCUT2D eigenvalue weighted by atomic mass is 9.94. The lowest BCUT2D eigenvalue weighted by Gasteiger charge is -2.28. The van der Waals surface area contributed by atoms with E-state index in [0.717, 1.165) is 0 Å². The van der Waals surface area contributed by atoms with Crippen molar-refractivity contribution in [3.8, 4) is 12.1 Å². The van der Waals surface area contributed by atoms with Crippen LogP contribution in [0.2, 0.25) is 0 Å². The van der Waals surface area contributed by atoms with Gasteiger partial charge in [0.05, 0.1) is 36.1 Å². The highest BCUT2D eigenvalue weighted by Crippen LogP contribution is 2.27. The largest absolute Gasteiger partial charge is 0.342 e. The second kappa shape index (κ2) is 14.6. The van der Waals surface area contributed by atoms with Crippen LogP contribution in [-0.4, -0.2) is 45.3 Å². The summed E-state index contributed by atoms with van der Waals surface area (Å²) in [5, 5.41) is 35.4. The third-order valence-electron chi connectivity index (χ3n) is 5.30. The summed E-state index contributed by atoms with van der Waals surface area (Å²) >= 11 is 0. The fourth-order valence-corrected chi connectivity index (χ4v) is 2.56. The number of nitrogens with zero attached hydrogens (tertiary/aromatic N) is 6. The summed E-state index contributed by atoms with van der Waals surface area (Å²) < 4.78 is 0. The Bertz CT molecular complexity index is 917. The van der Waals surface area contributed by atoms with E-state index in [-0.39, 0.29) is 25.7 Å². The molecular weight excluding hydrogens is 516 g/mol. The van der Waals surface area contributed by atoms with Crippen molar-refractivity contribution in [2.75, 3.05) is 0 Å². The molecule has 226 valence electrons. The molecule has 0 aromatic carbocycles. The van der Waals surface area contributed by atoms with Crippen molar-refractivity contribution in [3.63, 3.8) is 0 Å². The standard InChI is InChI=1S/C28H48N6O6/c1-23(2,3)31-33-27(11,19-29)15-13-21(35)37-39-25(7,8)17-18-26(9,10)40-38-22(36)14-16-28(12,20-30)34-32-24(4,5)6/h13-18H2,1-12H3. The first-order valence-corrected chi connectivity index (χ1v) is 13.4. The van der Waals surface area contributed by atoms with Gasteiger partial charge in [0.1, 0.15) is 11.2 Å². The number of nitriles is 2. The molecule has 0 aromatic rings. The molecule has 0 aliphatic heterocycles. The van der Waals surface area contributed by atoms with Gasteiger partial charge in [0.15, 0.2) is 11.1 Å². The smallest absolute Gasteiger partial charge is 0.298 e. The van der Waals surface area contributed by atoms with Gasteiger partial charge in [-0.3, -0.25) is 9.78 Å². The average molecular weight is 565 g/mol. The van der Waals surface area contributed by atoms with Gasteiger partial charge >= 0.3 is 11.9 Å². The van der Waals surface area contributed by atoms with E-state index in [1.165, 1.54) is 0 Å². The Morgan fingerprint density at radius 2 is 0.850 bits per heavy atom. The fraction of sp³-hybridized carbons (Fsp3) is 0.857. The van der Waals surface area contributed by atoms with Crippen molar-refractivity contribution in [2.24, 2.45) is 20.5 Å². The van der Waals surface area contributed by atoms with E-state index in [4.69, 9.17) is 19.6 Å². The lowest BCUT2D eigenvalue weighted by Crippen LogP contribution is -2.33. The monoisotopic (exact) mass is 564 g/mol. The molecule has 0 saturated heterocycles. The second-order valence-electron chi connectivity index (χ2n) is 13.6. The van der Waals surface area contributed by atoms with E-state index in [0.29, 0.717) is 12.8 Å². The molecule has 0 saturated carbocycles. The highest BCUT2D eigenvalue weighted by atomic mass is 17.2. The van der Waals surface area contributed by atoms with E-state index in [1.54, 1.807) is 41.5 Å². The van der Waals surface area contributed by atoms with Gasteiger partial charge in [-0.25, -0.2) is 9.59 Å². The molecule has 0 amide bonds. The zero-order chi connectivity index (χ0) is 31.5. The maximum Gasteiger partial charge on any atom is 0.342 e. The number of rotatable bonds is 15. The molecule has 0 N–H and O–H groups in total. The van der Waals surface area contributed by atoms with Crippen LogP contribution in [0.4, 0.5) is 0 Å². The van der Waals surface area contributed by atoms with Gasteiger partial charge in [0.25, 0.3) is 0 Å². The first kappa shape index (κ1) is 37.0. The molecule has 0 aliphatic rings. The molecule has 0 heterocycles. The maximum atomic E-state index is 12.2. The first-order valence-electron chi connectivity index (χ1n) is 13.4. The molecule has 0 aliphatic carbocycles. The van der Waals surface area contributed by atoms with E-state index >= 15 is 0 Å². The van der Waals surface area contributed by atoms with E-state index in [2.05, 4.69) is 32.6 Å². The van der Waals surface area contributed by atoms with Gasteiger partial charge in [0, 0.05) is 0 Å². The van der Waals surface area contributed by atoms with Gasteiger partial charge in [-0.15, -0.1) is 0 Å². The van der Waals surface area contributed by atoms with Gasteiger partial charge in [-0.05, 0) is 109 Å². The van der Waals surface area contributed by atoms with Crippen molar-refractivity contribution in [1.82, 2.24) is 0 Å². The summed E-state index contributed by atoms with van der Waals surface area (Å²) in [6.07, 6.45) is 0.919. The maximum absolute atomic E-state index is 12.2. The Hall–Kier alpha value is -2.96. The van der Waals surface area contributed by atoms with Crippen LogP contribution in [-0.2, 0) is 29.1 Å². The van der Waals surface area contributed by atoms with Gasteiger partial charge in [-0.1, -0.05) is 0 Å². The second-order valence-corrected chi connectivity index (χ2v) is 13.6. The third-order valence-corrected chi connectivity index (χ3v) is 5.30. The molecule has 40 heavy (non-hydrogen) atoms. The minimum Gasteiger partial charge on any atom is -0.298 e. The van der Waals surface area contributed by atoms with Crippen molar-refractivity contribution in [2.45, 2.75) is 155 Å². The third kappa shape index (κ3) is 17.6. The summed E-state index contributed by atoms with van der Waals surface area (Å²) in [4.78, 5) is 45.1. The van der Waals surface area contributed by atoms with E-state index in [9.17, 15) is 20.1 Å².